The van der Waals surface area contributed by atoms with Crippen LogP contribution >= 0.6 is 0 Å². The summed E-state index contributed by atoms with van der Waals surface area (Å²) in [5.74, 6) is -2.30. The van der Waals surface area contributed by atoms with Crippen LogP contribution in [0.3, 0.4) is 0 Å². The largest absolute Gasteiger partial charge is 0.507 e. The fraction of sp³-hybridized carbons (Fsp3) is 0.568. The molecule has 0 saturated carbocycles. The number of carbonyl (C=O) groups excluding carboxylic acids is 3. The van der Waals surface area contributed by atoms with Gasteiger partial charge in [0.2, 0.25) is 5.78 Å². The molecule has 1 amide bonds. The molecule has 2 aromatic rings. The predicted molar refractivity (Wildman–Crippen MR) is 217 cm³/mol. The lowest BCUT2D eigenvalue weighted by atomic mass is 9.80. The number of nitrogens with zero attached hydrogens (tertiary/aromatic N) is 3. The molecule has 4 heterocycles. The van der Waals surface area contributed by atoms with E-state index in [-0.39, 0.29) is 80.3 Å². The first-order valence-electron chi connectivity index (χ1n) is 20.0. The van der Waals surface area contributed by atoms with Gasteiger partial charge in [0.15, 0.2) is 11.4 Å². The zero-order valence-corrected chi connectivity index (χ0v) is 34.4. The highest BCUT2D eigenvalue weighted by molar-refractivity contribution is 6.20. The number of anilines is 1. The van der Waals surface area contributed by atoms with E-state index in [9.17, 15) is 29.7 Å². The summed E-state index contributed by atoms with van der Waals surface area (Å²) < 4.78 is 12.3. The fourth-order valence-corrected chi connectivity index (χ4v) is 8.28. The molecule has 0 aromatic heterocycles. The molecule has 0 fully saturated rings. The maximum atomic E-state index is 14.7. The normalized spacial score (nSPS) is 30.8. The second kappa shape index (κ2) is 17.7. The number of hydrogen-bond acceptors (Lipinski definition) is 11. The Kier molecular flexibility index (Phi) is 13.5. The Balaban J connectivity index is 1.73. The minimum absolute atomic E-state index is 0.00134. The quantitative estimate of drug-likeness (QED) is 0.157. The average Bonchev–Trinajstić information content (AvgIpc) is 3.39. The third-order valence-corrected chi connectivity index (χ3v) is 11.6. The minimum Gasteiger partial charge on any atom is -0.507 e. The van der Waals surface area contributed by atoms with E-state index in [0.29, 0.717) is 49.7 Å². The molecule has 6 rings (SSSR count). The van der Waals surface area contributed by atoms with E-state index >= 15 is 0 Å². The number of esters is 1. The first-order valence-corrected chi connectivity index (χ1v) is 20.0. The summed E-state index contributed by atoms with van der Waals surface area (Å²) in [7, 11) is 2.04. The lowest BCUT2D eigenvalue weighted by Crippen LogP contribution is -2.40. The van der Waals surface area contributed by atoms with E-state index in [1.54, 1.807) is 32.9 Å². The molecule has 12 nitrogen and oxygen atoms in total. The van der Waals surface area contributed by atoms with Crippen molar-refractivity contribution in [3.63, 3.8) is 0 Å². The number of ketones is 1. The van der Waals surface area contributed by atoms with Gasteiger partial charge in [-0.05, 0) is 84.3 Å². The van der Waals surface area contributed by atoms with Gasteiger partial charge in [-0.3, -0.25) is 24.4 Å². The number of aliphatic hydroxyl groups is 1. The van der Waals surface area contributed by atoms with E-state index in [0.717, 1.165) is 13.1 Å². The standard InChI is InChI=1S/C44H60N4O8/c1-24-15-12-17-26(3)43(54)47-36-35-34(45-19-13-21-48(9)22-14-20-46-35)31-32(39(36)52)38(51)29(6)41-33(31)42(53)44(8,56-41)18-11-10-16-25(2)40(55-30(7)49)28(5)37(50)27(4)23-24/h10-12,15,17,24-25,27-28,37,40,50-52H,13-14,16,18-23H2,1-9H3,(H,47,54)/b11-10+,15-12+,26-17-,45-34?,46-35?/t24-,25+,27+,28+,37+,40+,44+/m0/s1. The Hall–Kier alpha value is -4.55. The van der Waals surface area contributed by atoms with Gasteiger partial charge in [0.1, 0.15) is 28.6 Å². The van der Waals surface area contributed by atoms with Crippen LogP contribution in [-0.4, -0.2) is 88.9 Å². The van der Waals surface area contributed by atoms with E-state index in [1.165, 1.54) is 6.92 Å². The third-order valence-electron chi connectivity index (χ3n) is 11.6. The highest BCUT2D eigenvalue weighted by atomic mass is 16.5. The SMILES string of the molecule is CC(=O)O[C@H]1[C@H](C)[C@H](O)[C@H](C)C[C@@H](C)/C=C/C=C(/C)C(=O)Nc2c(O)c3c(O)c(C)c4c(c3c3c2=NCCCN(C)CCCN=3)C(=O)[C@@](C)(C/C=C/C[C@H]1C)O4. The molecule has 4 aliphatic rings. The second-order valence-electron chi connectivity index (χ2n) is 16.5. The number of aliphatic hydroxyl groups excluding tert-OH is 1. The highest BCUT2D eigenvalue weighted by Crippen LogP contribution is 2.49. The summed E-state index contributed by atoms with van der Waals surface area (Å²) in [6.45, 7) is 16.6. The molecule has 7 atom stereocenters. The van der Waals surface area contributed by atoms with E-state index in [1.807, 2.05) is 53.0 Å². The van der Waals surface area contributed by atoms with Crippen LogP contribution in [0.25, 0.3) is 10.8 Å². The number of phenols is 2. The van der Waals surface area contributed by atoms with Crippen molar-refractivity contribution in [2.75, 3.05) is 38.5 Å². The van der Waals surface area contributed by atoms with Crippen molar-refractivity contribution < 1.29 is 39.2 Å². The Labute approximate surface area is 330 Å². The fourth-order valence-electron chi connectivity index (χ4n) is 8.28. The topological polar surface area (TPSA) is 170 Å². The van der Waals surface area contributed by atoms with Gasteiger partial charge in [-0.15, -0.1) is 0 Å². The smallest absolute Gasteiger partial charge is 0.302 e. The van der Waals surface area contributed by atoms with Crippen LogP contribution in [0, 0.1) is 30.6 Å². The van der Waals surface area contributed by atoms with Crippen LogP contribution < -0.4 is 20.8 Å². The van der Waals surface area contributed by atoms with Crippen molar-refractivity contribution in [1.29, 1.82) is 0 Å². The first-order chi connectivity index (χ1) is 26.5. The summed E-state index contributed by atoms with van der Waals surface area (Å²) in [6, 6.07) is 0. The molecule has 56 heavy (non-hydrogen) atoms. The molecule has 5 bridgehead atoms. The van der Waals surface area contributed by atoms with E-state index < -0.39 is 35.4 Å². The molecule has 4 aliphatic heterocycles. The van der Waals surface area contributed by atoms with Gasteiger partial charge in [0.05, 0.1) is 22.4 Å². The molecule has 304 valence electrons. The maximum Gasteiger partial charge on any atom is 0.302 e. The minimum atomic E-state index is -1.36. The third kappa shape index (κ3) is 8.86. The number of rotatable bonds is 1. The molecular formula is C44H60N4O8. The second-order valence-corrected chi connectivity index (χ2v) is 16.5. The number of nitrogens with one attached hydrogen (secondary N) is 1. The summed E-state index contributed by atoms with van der Waals surface area (Å²) in [5.41, 5.74) is -0.515. The molecule has 0 spiro atoms. The van der Waals surface area contributed by atoms with Crippen LogP contribution in [0.15, 0.2) is 45.9 Å². The predicted octanol–water partition coefficient (Wildman–Crippen LogP) is 5.88. The van der Waals surface area contributed by atoms with Gasteiger partial charge >= 0.3 is 5.97 Å². The number of fused-ring (bicyclic) bond motifs is 13. The number of phenolic OH excluding ortho intramolecular Hbond substituents is 2. The lowest BCUT2D eigenvalue weighted by molar-refractivity contribution is -0.156. The van der Waals surface area contributed by atoms with Crippen molar-refractivity contribution in [2.45, 2.75) is 105 Å². The Morgan fingerprint density at radius 1 is 0.982 bits per heavy atom. The van der Waals surface area contributed by atoms with Crippen LogP contribution in [0.5, 0.6) is 17.2 Å². The van der Waals surface area contributed by atoms with Crippen LogP contribution in [0.1, 0.15) is 96.5 Å². The Morgan fingerprint density at radius 3 is 2.30 bits per heavy atom. The molecular weight excluding hydrogens is 713 g/mol. The summed E-state index contributed by atoms with van der Waals surface area (Å²) in [4.78, 5) is 52.8. The molecule has 0 aliphatic carbocycles. The average molecular weight is 773 g/mol. The number of ether oxygens (including phenoxy) is 2. The monoisotopic (exact) mass is 772 g/mol. The van der Waals surface area contributed by atoms with Gasteiger partial charge in [-0.2, -0.15) is 0 Å². The Morgan fingerprint density at radius 2 is 1.64 bits per heavy atom. The van der Waals surface area contributed by atoms with E-state index in [4.69, 9.17) is 19.5 Å². The van der Waals surface area contributed by atoms with Gasteiger partial charge in [0, 0.05) is 48.9 Å². The molecule has 0 saturated heterocycles. The van der Waals surface area contributed by atoms with Crippen molar-refractivity contribution in [2.24, 2.45) is 33.7 Å². The van der Waals surface area contributed by atoms with Gasteiger partial charge < -0.3 is 35.0 Å². The number of aromatic hydroxyl groups is 2. The van der Waals surface area contributed by atoms with Crippen LogP contribution in [-0.2, 0) is 14.3 Å². The van der Waals surface area contributed by atoms with Gasteiger partial charge in [-0.25, -0.2) is 0 Å². The molecule has 12 heteroatoms. The van der Waals surface area contributed by atoms with Crippen molar-refractivity contribution >= 4 is 34.1 Å². The number of allylic oxidation sites excluding steroid dienone is 4. The van der Waals surface area contributed by atoms with Crippen LogP contribution in [0.2, 0.25) is 0 Å². The van der Waals surface area contributed by atoms with E-state index in [2.05, 4.69) is 10.2 Å². The number of carbonyl (C=O) groups is 3. The van der Waals surface area contributed by atoms with Gasteiger partial charge in [-0.1, -0.05) is 58.1 Å². The molecule has 4 N–H and O–H groups in total. The zero-order chi connectivity index (χ0) is 41.1. The molecule has 2 aromatic carbocycles. The lowest BCUT2D eigenvalue weighted by Gasteiger charge is -2.34. The molecule has 0 radical (unpaired) electrons. The van der Waals surface area contributed by atoms with Crippen molar-refractivity contribution in [3.8, 4) is 17.2 Å². The summed E-state index contributed by atoms with van der Waals surface area (Å²) in [6.07, 6.45) is 10.7. The summed E-state index contributed by atoms with van der Waals surface area (Å²) in [5, 5.41) is 38.9. The number of hydrogen-bond donors (Lipinski definition) is 4. The summed E-state index contributed by atoms with van der Waals surface area (Å²) >= 11 is 0. The number of Topliss-reactive ketones (excluding diaryl/α,β-unsaturated/α-hetero) is 1. The maximum absolute atomic E-state index is 14.7. The van der Waals surface area contributed by atoms with Crippen molar-refractivity contribution in [3.05, 3.63) is 57.8 Å². The molecule has 0 unspecified atom stereocenters. The number of benzene rings is 2. The first kappa shape index (κ1) is 42.6. The highest BCUT2D eigenvalue weighted by Gasteiger charge is 2.47. The van der Waals surface area contributed by atoms with Gasteiger partial charge in [0.25, 0.3) is 5.91 Å². The number of amides is 1. The Bertz CT molecular complexity index is 2070. The van der Waals surface area contributed by atoms with Crippen LogP contribution in [0.4, 0.5) is 5.69 Å². The zero-order valence-electron chi connectivity index (χ0n) is 34.4. The van der Waals surface area contributed by atoms with Crippen molar-refractivity contribution in [1.82, 2.24) is 4.90 Å².